The minimum Gasteiger partial charge on any atom is -0.355 e. The zero-order valence-electron chi connectivity index (χ0n) is 11.2. The molecule has 17 heavy (non-hydrogen) atoms. The van der Waals surface area contributed by atoms with E-state index in [1.165, 1.54) is 0 Å². The SMILES string of the molecule is CCCSCC(=O)NCCCN(C)CCCN. The Morgan fingerprint density at radius 1 is 1.35 bits per heavy atom. The average Bonchev–Trinajstić information content (AvgIpc) is 2.32. The second kappa shape index (κ2) is 12.2. The van der Waals surface area contributed by atoms with Crippen LogP contribution >= 0.6 is 11.8 Å². The summed E-state index contributed by atoms with van der Waals surface area (Å²) in [5.74, 6) is 1.82. The van der Waals surface area contributed by atoms with E-state index in [4.69, 9.17) is 5.73 Å². The van der Waals surface area contributed by atoms with Crippen LogP contribution in [0.3, 0.4) is 0 Å². The van der Waals surface area contributed by atoms with Gasteiger partial charge in [-0.05, 0) is 51.7 Å². The predicted octanol–water partition coefficient (Wildman–Crippen LogP) is 0.917. The lowest BCUT2D eigenvalue weighted by Crippen LogP contribution is -2.30. The van der Waals surface area contributed by atoms with Crippen LogP contribution in [-0.4, -0.2) is 55.5 Å². The van der Waals surface area contributed by atoms with Crippen molar-refractivity contribution in [1.29, 1.82) is 0 Å². The molecule has 0 saturated carbocycles. The van der Waals surface area contributed by atoms with E-state index >= 15 is 0 Å². The number of thioether (sulfide) groups is 1. The fourth-order valence-corrected chi connectivity index (χ4v) is 2.13. The second-order valence-corrected chi connectivity index (χ2v) is 5.31. The third-order valence-corrected chi connectivity index (χ3v) is 3.53. The molecule has 1 amide bonds. The summed E-state index contributed by atoms with van der Waals surface area (Å²) in [6.07, 6.45) is 3.17. The number of carbonyl (C=O) groups excluding carboxylic acids is 1. The smallest absolute Gasteiger partial charge is 0.229 e. The van der Waals surface area contributed by atoms with Gasteiger partial charge in [-0.25, -0.2) is 0 Å². The highest BCUT2D eigenvalue weighted by Gasteiger charge is 2.01. The molecule has 0 radical (unpaired) electrons. The van der Waals surface area contributed by atoms with Crippen LogP contribution in [0.25, 0.3) is 0 Å². The quantitative estimate of drug-likeness (QED) is 0.543. The molecule has 3 N–H and O–H groups in total. The molecule has 0 spiro atoms. The maximum atomic E-state index is 11.4. The first-order valence-corrected chi connectivity index (χ1v) is 7.59. The Balaban J connectivity index is 3.29. The van der Waals surface area contributed by atoms with E-state index in [1.807, 2.05) is 0 Å². The Bertz CT molecular complexity index is 191. The van der Waals surface area contributed by atoms with Gasteiger partial charge in [-0.1, -0.05) is 6.92 Å². The maximum absolute atomic E-state index is 11.4. The zero-order chi connectivity index (χ0) is 12.9. The van der Waals surface area contributed by atoms with Crippen molar-refractivity contribution in [2.24, 2.45) is 5.73 Å². The summed E-state index contributed by atoms with van der Waals surface area (Å²) in [6.45, 7) is 5.70. The zero-order valence-corrected chi connectivity index (χ0v) is 12.0. The Labute approximate surface area is 110 Å². The van der Waals surface area contributed by atoms with E-state index in [2.05, 4.69) is 24.2 Å². The van der Waals surface area contributed by atoms with Crippen molar-refractivity contribution >= 4 is 17.7 Å². The van der Waals surface area contributed by atoms with Gasteiger partial charge in [0.1, 0.15) is 0 Å². The minimum atomic E-state index is 0.160. The molecule has 0 aliphatic carbocycles. The third kappa shape index (κ3) is 12.0. The lowest BCUT2D eigenvalue weighted by atomic mass is 10.3. The first kappa shape index (κ1) is 16.7. The largest absolute Gasteiger partial charge is 0.355 e. The molecular formula is C12H27N3OS. The van der Waals surface area contributed by atoms with Crippen LogP contribution in [0.1, 0.15) is 26.2 Å². The first-order valence-electron chi connectivity index (χ1n) is 6.43. The average molecular weight is 261 g/mol. The van der Waals surface area contributed by atoms with E-state index < -0.39 is 0 Å². The Kier molecular flexibility index (Phi) is 12.0. The van der Waals surface area contributed by atoms with Gasteiger partial charge >= 0.3 is 0 Å². The number of nitrogens with one attached hydrogen (secondary N) is 1. The molecular weight excluding hydrogens is 234 g/mol. The molecule has 4 nitrogen and oxygen atoms in total. The van der Waals surface area contributed by atoms with Gasteiger partial charge in [0.05, 0.1) is 5.75 Å². The summed E-state index contributed by atoms with van der Waals surface area (Å²) in [7, 11) is 2.09. The molecule has 5 heteroatoms. The molecule has 0 saturated heterocycles. The summed E-state index contributed by atoms with van der Waals surface area (Å²) >= 11 is 1.70. The van der Waals surface area contributed by atoms with Gasteiger partial charge in [0.25, 0.3) is 0 Å². The van der Waals surface area contributed by atoms with E-state index in [-0.39, 0.29) is 5.91 Å². The van der Waals surface area contributed by atoms with Gasteiger partial charge in [-0.3, -0.25) is 4.79 Å². The lowest BCUT2D eigenvalue weighted by molar-refractivity contribution is -0.118. The van der Waals surface area contributed by atoms with E-state index in [1.54, 1.807) is 11.8 Å². The molecule has 0 unspecified atom stereocenters. The molecule has 0 aliphatic rings. The predicted molar refractivity (Wildman–Crippen MR) is 76.4 cm³/mol. The number of hydrogen-bond donors (Lipinski definition) is 2. The molecule has 102 valence electrons. The third-order valence-electron chi connectivity index (χ3n) is 2.36. The van der Waals surface area contributed by atoms with Crippen LogP contribution in [0.2, 0.25) is 0 Å². The van der Waals surface area contributed by atoms with Crippen molar-refractivity contribution in [2.75, 3.05) is 44.7 Å². The van der Waals surface area contributed by atoms with Gasteiger partial charge in [-0.2, -0.15) is 11.8 Å². The molecule has 0 fully saturated rings. The highest BCUT2D eigenvalue weighted by molar-refractivity contribution is 7.99. The van der Waals surface area contributed by atoms with Crippen molar-refractivity contribution in [3.8, 4) is 0 Å². The van der Waals surface area contributed by atoms with Crippen molar-refractivity contribution in [3.63, 3.8) is 0 Å². The van der Waals surface area contributed by atoms with Gasteiger partial charge < -0.3 is 16.0 Å². The number of nitrogens with zero attached hydrogens (tertiary/aromatic N) is 1. The number of carbonyl (C=O) groups is 1. The van der Waals surface area contributed by atoms with E-state index in [0.29, 0.717) is 5.75 Å². The first-order chi connectivity index (χ1) is 8.20. The van der Waals surface area contributed by atoms with Crippen LogP contribution in [-0.2, 0) is 4.79 Å². The summed E-state index contributed by atoms with van der Waals surface area (Å²) < 4.78 is 0. The minimum absolute atomic E-state index is 0.160. The van der Waals surface area contributed by atoms with Crippen molar-refractivity contribution in [3.05, 3.63) is 0 Å². The van der Waals surface area contributed by atoms with Gasteiger partial charge in [0, 0.05) is 6.54 Å². The van der Waals surface area contributed by atoms with Gasteiger partial charge in [-0.15, -0.1) is 0 Å². The van der Waals surface area contributed by atoms with Crippen LogP contribution in [0.4, 0.5) is 0 Å². The summed E-state index contributed by atoms with van der Waals surface area (Å²) in [6, 6.07) is 0. The van der Waals surface area contributed by atoms with E-state index in [9.17, 15) is 4.79 Å². The van der Waals surface area contributed by atoms with E-state index in [0.717, 1.165) is 51.2 Å². The number of amides is 1. The highest BCUT2D eigenvalue weighted by Crippen LogP contribution is 2.00. The van der Waals surface area contributed by atoms with Crippen molar-refractivity contribution in [2.45, 2.75) is 26.2 Å². The maximum Gasteiger partial charge on any atom is 0.229 e. The lowest BCUT2D eigenvalue weighted by Gasteiger charge is -2.15. The Morgan fingerprint density at radius 3 is 2.71 bits per heavy atom. The fraction of sp³-hybridized carbons (Fsp3) is 0.917. The molecule has 0 rings (SSSR count). The number of rotatable bonds is 11. The van der Waals surface area contributed by atoms with Crippen LogP contribution < -0.4 is 11.1 Å². The second-order valence-electron chi connectivity index (χ2n) is 4.20. The molecule has 0 aliphatic heterocycles. The normalized spacial score (nSPS) is 10.8. The monoisotopic (exact) mass is 261 g/mol. The highest BCUT2D eigenvalue weighted by atomic mass is 32.2. The number of hydrogen-bond acceptors (Lipinski definition) is 4. The number of nitrogens with two attached hydrogens (primary N) is 1. The van der Waals surface area contributed by atoms with Crippen molar-refractivity contribution in [1.82, 2.24) is 10.2 Å². The topological polar surface area (TPSA) is 58.4 Å². The van der Waals surface area contributed by atoms with Crippen LogP contribution in [0, 0.1) is 0 Å². The van der Waals surface area contributed by atoms with Crippen molar-refractivity contribution < 1.29 is 4.79 Å². The van der Waals surface area contributed by atoms with Gasteiger partial charge in [0.2, 0.25) is 5.91 Å². The molecule has 0 aromatic rings. The molecule has 0 bridgehead atoms. The van der Waals surface area contributed by atoms with Gasteiger partial charge in [0.15, 0.2) is 0 Å². The molecule has 0 aromatic heterocycles. The van der Waals surface area contributed by atoms with Crippen LogP contribution in [0.15, 0.2) is 0 Å². The fourth-order valence-electron chi connectivity index (χ4n) is 1.41. The Hall–Kier alpha value is -0.260. The van der Waals surface area contributed by atoms with Crippen LogP contribution in [0.5, 0.6) is 0 Å². The molecule has 0 aromatic carbocycles. The summed E-state index contributed by atoms with van der Waals surface area (Å²) in [4.78, 5) is 13.6. The molecule has 0 heterocycles. The summed E-state index contributed by atoms with van der Waals surface area (Å²) in [5.41, 5.74) is 5.44. The standard InChI is InChI=1S/C12H27N3OS/c1-3-10-17-11-12(16)14-7-5-9-15(2)8-4-6-13/h3-11,13H2,1-2H3,(H,14,16). The summed E-state index contributed by atoms with van der Waals surface area (Å²) in [5, 5.41) is 2.94. The Morgan fingerprint density at radius 2 is 2.06 bits per heavy atom. The molecule has 0 atom stereocenters.